The normalized spacial score (nSPS) is 17.5. The second kappa shape index (κ2) is 6.76. The van der Waals surface area contributed by atoms with E-state index in [0.29, 0.717) is 18.7 Å². The number of hydrogen-bond acceptors (Lipinski definition) is 4. The van der Waals surface area contributed by atoms with Crippen molar-refractivity contribution in [3.8, 4) is 5.69 Å². The number of piperazine rings is 1. The fourth-order valence-electron chi connectivity index (χ4n) is 3.48. The molecule has 0 saturated carbocycles. The van der Waals surface area contributed by atoms with Crippen molar-refractivity contribution in [2.45, 2.75) is 13.0 Å². The van der Waals surface area contributed by atoms with E-state index in [1.807, 2.05) is 64.6 Å². The fraction of sp³-hybridized carbons (Fsp3) is 0.316. The summed E-state index contributed by atoms with van der Waals surface area (Å²) in [4.78, 5) is 19.6. The van der Waals surface area contributed by atoms with Crippen LogP contribution in [0, 0.1) is 6.92 Å². The molecule has 3 heterocycles. The molecule has 2 aromatic heterocycles. The van der Waals surface area contributed by atoms with E-state index in [9.17, 15) is 4.79 Å². The number of nitrogens with one attached hydrogen (secondary N) is 1. The van der Waals surface area contributed by atoms with Crippen molar-refractivity contribution in [2.24, 2.45) is 7.05 Å². The van der Waals surface area contributed by atoms with Crippen LogP contribution in [0.25, 0.3) is 5.69 Å². The molecular weight excluding hydrogens is 328 g/mol. The molecule has 1 amide bonds. The quantitative estimate of drug-likeness (QED) is 0.781. The third-order valence-electron chi connectivity index (χ3n) is 4.90. The number of amides is 1. The number of para-hydroxylation sites is 1. The number of carbonyl (C=O) groups is 1. The molecule has 0 aliphatic carbocycles. The van der Waals surface area contributed by atoms with Crippen LogP contribution in [0.3, 0.4) is 0 Å². The van der Waals surface area contributed by atoms with E-state index in [-0.39, 0.29) is 11.9 Å². The molecule has 1 atom stereocenters. The van der Waals surface area contributed by atoms with Gasteiger partial charge in [-0.25, -0.2) is 9.67 Å². The summed E-state index contributed by atoms with van der Waals surface area (Å²) in [6, 6.07) is 9.77. The SMILES string of the molecule is Cc1c(C(=O)N2CCNCC2c2nccn2C)cnn1-c1ccccc1. The maximum absolute atomic E-state index is 13.3. The van der Waals surface area contributed by atoms with Crippen molar-refractivity contribution in [3.63, 3.8) is 0 Å². The van der Waals surface area contributed by atoms with E-state index >= 15 is 0 Å². The highest BCUT2D eigenvalue weighted by molar-refractivity contribution is 5.95. The molecule has 4 rings (SSSR count). The lowest BCUT2D eigenvalue weighted by atomic mass is 10.1. The summed E-state index contributed by atoms with van der Waals surface area (Å²) in [6.45, 7) is 4.05. The summed E-state index contributed by atoms with van der Waals surface area (Å²) in [6.07, 6.45) is 5.35. The zero-order valence-corrected chi connectivity index (χ0v) is 15.0. The molecular formula is C19H22N6O. The first-order chi connectivity index (χ1) is 12.7. The third kappa shape index (κ3) is 2.80. The fourth-order valence-corrected chi connectivity index (χ4v) is 3.48. The van der Waals surface area contributed by atoms with Crippen LogP contribution >= 0.6 is 0 Å². The lowest BCUT2D eigenvalue weighted by Gasteiger charge is -2.35. The van der Waals surface area contributed by atoms with E-state index in [2.05, 4.69) is 15.4 Å². The predicted molar refractivity (Wildman–Crippen MR) is 98.2 cm³/mol. The molecule has 26 heavy (non-hydrogen) atoms. The van der Waals surface area contributed by atoms with Gasteiger partial charge in [0.05, 0.1) is 23.1 Å². The minimum absolute atomic E-state index is 0.000758. The Morgan fingerprint density at radius 3 is 2.81 bits per heavy atom. The van der Waals surface area contributed by atoms with Gasteiger partial charge in [0, 0.05) is 39.1 Å². The molecule has 0 bridgehead atoms. The number of aryl methyl sites for hydroxylation is 1. The maximum Gasteiger partial charge on any atom is 0.258 e. The summed E-state index contributed by atoms with van der Waals surface area (Å²) in [5.74, 6) is 0.887. The second-order valence-corrected chi connectivity index (χ2v) is 6.51. The number of imidazole rings is 1. The molecule has 1 unspecified atom stereocenters. The van der Waals surface area contributed by atoms with Gasteiger partial charge < -0.3 is 14.8 Å². The van der Waals surface area contributed by atoms with Crippen LogP contribution in [-0.2, 0) is 7.05 Å². The van der Waals surface area contributed by atoms with Crippen LogP contribution < -0.4 is 5.32 Å². The first-order valence-electron chi connectivity index (χ1n) is 8.76. The van der Waals surface area contributed by atoms with E-state index in [1.165, 1.54) is 0 Å². The summed E-state index contributed by atoms with van der Waals surface area (Å²) in [5.41, 5.74) is 2.43. The van der Waals surface area contributed by atoms with Gasteiger partial charge in [-0.2, -0.15) is 5.10 Å². The largest absolute Gasteiger partial charge is 0.336 e. The van der Waals surface area contributed by atoms with Crippen molar-refractivity contribution in [3.05, 3.63) is 66.0 Å². The Hall–Kier alpha value is -2.93. The van der Waals surface area contributed by atoms with Crippen molar-refractivity contribution in [2.75, 3.05) is 19.6 Å². The van der Waals surface area contributed by atoms with E-state index in [0.717, 1.165) is 23.8 Å². The molecule has 1 saturated heterocycles. The maximum atomic E-state index is 13.3. The predicted octanol–water partition coefficient (Wildman–Crippen LogP) is 1.70. The Bertz CT molecular complexity index is 913. The standard InChI is InChI=1S/C19H22N6O/c1-14-16(12-22-25(14)15-6-4-3-5-7-15)19(26)24-11-8-20-13-17(24)18-21-9-10-23(18)2/h3-7,9-10,12,17,20H,8,11,13H2,1-2H3. The highest BCUT2D eigenvalue weighted by atomic mass is 16.2. The third-order valence-corrected chi connectivity index (χ3v) is 4.90. The summed E-state index contributed by atoms with van der Waals surface area (Å²) in [7, 11) is 1.96. The summed E-state index contributed by atoms with van der Waals surface area (Å²) >= 11 is 0. The van der Waals surface area contributed by atoms with Crippen LogP contribution in [0.4, 0.5) is 0 Å². The van der Waals surface area contributed by atoms with Crippen molar-refractivity contribution in [1.29, 1.82) is 0 Å². The van der Waals surface area contributed by atoms with Crippen LogP contribution in [0.5, 0.6) is 0 Å². The highest BCUT2D eigenvalue weighted by Crippen LogP contribution is 2.24. The first-order valence-corrected chi connectivity index (χ1v) is 8.76. The molecule has 1 aliphatic heterocycles. The van der Waals surface area contributed by atoms with Crippen LogP contribution in [-0.4, -0.2) is 49.8 Å². The molecule has 0 spiro atoms. The lowest BCUT2D eigenvalue weighted by molar-refractivity contribution is 0.0620. The molecule has 0 radical (unpaired) electrons. The van der Waals surface area contributed by atoms with Gasteiger partial charge in [-0.3, -0.25) is 4.79 Å². The minimum Gasteiger partial charge on any atom is -0.336 e. The monoisotopic (exact) mass is 350 g/mol. The van der Waals surface area contributed by atoms with Gasteiger partial charge in [-0.1, -0.05) is 18.2 Å². The smallest absolute Gasteiger partial charge is 0.258 e. The minimum atomic E-state index is -0.0873. The van der Waals surface area contributed by atoms with Crippen LogP contribution in [0.2, 0.25) is 0 Å². The van der Waals surface area contributed by atoms with Gasteiger partial charge in [-0.05, 0) is 19.1 Å². The topological polar surface area (TPSA) is 68.0 Å². The van der Waals surface area contributed by atoms with Gasteiger partial charge in [0.15, 0.2) is 0 Å². The summed E-state index contributed by atoms with van der Waals surface area (Å²) < 4.78 is 3.78. The van der Waals surface area contributed by atoms with E-state index in [1.54, 1.807) is 12.4 Å². The number of nitrogens with zero attached hydrogens (tertiary/aromatic N) is 5. The average molecular weight is 350 g/mol. The number of benzene rings is 1. The summed E-state index contributed by atoms with van der Waals surface area (Å²) in [5, 5.41) is 7.80. The zero-order valence-electron chi connectivity index (χ0n) is 15.0. The van der Waals surface area contributed by atoms with Crippen molar-refractivity contribution in [1.82, 2.24) is 29.5 Å². The Morgan fingerprint density at radius 2 is 2.08 bits per heavy atom. The molecule has 3 aromatic rings. The first kappa shape index (κ1) is 16.5. The van der Waals surface area contributed by atoms with Gasteiger partial charge in [0.25, 0.3) is 5.91 Å². The zero-order chi connectivity index (χ0) is 18.1. The van der Waals surface area contributed by atoms with Crippen LogP contribution in [0.15, 0.2) is 48.9 Å². The van der Waals surface area contributed by atoms with Gasteiger partial charge >= 0.3 is 0 Å². The van der Waals surface area contributed by atoms with Crippen molar-refractivity contribution < 1.29 is 4.79 Å². The molecule has 134 valence electrons. The number of rotatable bonds is 3. The van der Waals surface area contributed by atoms with E-state index < -0.39 is 0 Å². The lowest BCUT2D eigenvalue weighted by Crippen LogP contribution is -2.49. The van der Waals surface area contributed by atoms with Crippen molar-refractivity contribution >= 4 is 5.91 Å². The number of aromatic nitrogens is 4. The highest BCUT2D eigenvalue weighted by Gasteiger charge is 2.32. The molecule has 1 N–H and O–H groups in total. The molecule has 1 aliphatic rings. The Morgan fingerprint density at radius 1 is 1.27 bits per heavy atom. The average Bonchev–Trinajstić information content (AvgIpc) is 3.27. The van der Waals surface area contributed by atoms with Gasteiger partial charge in [0.2, 0.25) is 0 Å². The Kier molecular flexibility index (Phi) is 4.30. The van der Waals surface area contributed by atoms with Gasteiger partial charge in [-0.15, -0.1) is 0 Å². The van der Waals surface area contributed by atoms with Gasteiger partial charge in [0.1, 0.15) is 11.9 Å². The number of hydrogen-bond donors (Lipinski definition) is 1. The molecule has 1 fully saturated rings. The molecule has 7 heteroatoms. The molecule has 1 aromatic carbocycles. The number of carbonyl (C=O) groups excluding carboxylic acids is 1. The van der Waals surface area contributed by atoms with Crippen LogP contribution in [0.1, 0.15) is 27.9 Å². The van der Waals surface area contributed by atoms with E-state index in [4.69, 9.17) is 0 Å². The Labute approximate surface area is 152 Å². The Balaban J connectivity index is 1.66. The molecule has 7 nitrogen and oxygen atoms in total. The second-order valence-electron chi connectivity index (χ2n) is 6.51.